The fourth-order valence-corrected chi connectivity index (χ4v) is 1.94. The number of carbonyl (C=O) groups is 2. The smallest absolute Gasteiger partial charge is 0.249 e. The highest BCUT2D eigenvalue weighted by molar-refractivity contribution is 5.95. The van der Waals surface area contributed by atoms with Crippen molar-refractivity contribution in [2.24, 2.45) is 0 Å². The van der Waals surface area contributed by atoms with E-state index in [9.17, 15) is 9.59 Å². The van der Waals surface area contributed by atoms with Gasteiger partial charge in [0.15, 0.2) is 0 Å². The van der Waals surface area contributed by atoms with Crippen LogP contribution in [0.4, 0.5) is 5.69 Å². The molecular weight excluding hydrogens is 258 g/mol. The summed E-state index contributed by atoms with van der Waals surface area (Å²) in [7, 11) is 0. The van der Waals surface area contributed by atoms with Crippen molar-refractivity contribution in [2.75, 3.05) is 18.5 Å². The summed E-state index contributed by atoms with van der Waals surface area (Å²) in [6, 6.07) is 8.57. The van der Waals surface area contributed by atoms with Crippen LogP contribution < -0.4 is 10.6 Å². The Morgan fingerprint density at radius 3 is 3.00 bits per heavy atom. The van der Waals surface area contributed by atoms with Crippen molar-refractivity contribution in [3.8, 4) is 6.07 Å². The number of nitrogens with one attached hydrogen (secondary N) is 2. The molecule has 2 rings (SSSR count). The third kappa shape index (κ3) is 3.80. The summed E-state index contributed by atoms with van der Waals surface area (Å²) >= 11 is 0. The SMILES string of the molecule is N#Cc1cccc(NC(=O)CNC(=O)C2CCCO2)c1. The molecule has 0 saturated carbocycles. The maximum Gasteiger partial charge on any atom is 0.249 e. The Labute approximate surface area is 116 Å². The second kappa shape index (κ2) is 6.68. The summed E-state index contributed by atoms with van der Waals surface area (Å²) in [5.74, 6) is -0.602. The molecule has 2 N–H and O–H groups in total. The molecule has 1 unspecified atom stereocenters. The minimum atomic E-state index is -0.440. The highest BCUT2D eigenvalue weighted by Gasteiger charge is 2.23. The van der Waals surface area contributed by atoms with E-state index < -0.39 is 6.10 Å². The maximum atomic E-state index is 11.7. The lowest BCUT2D eigenvalue weighted by molar-refractivity contribution is -0.131. The largest absolute Gasteiger partial charge is 0.368 e. The predicted molar refractivity (Wildman–Crippen MR) is 71.8 cm³/mol. The summed E-state index contributed by atoms with van der Waals surface area (Å²) in [4.78, 5) is 23.3. The summed E-state index contributed by atoms with van der Waals surface area (Å²) in [6.07, 6.45) is 1.12. The average molecular weight is 273 g/mol. The number of rotatable bonds is 4. The fourth-order valence-electron chi connectivity index (χ4n) is 1.94. The topological polar surface area (TPSA) is 91.2 Å². The molecule has 0 aromatic heterocycles. The quantitative estimate of drug-likeness (QED) is 0.848. The van der Waals surface area contributed by atoms with E-state index in [1.807, 2.05) is 6.07 Å². The Bertz CT molecular complexity index is 545. The molecule has 2 amide bonds. The number of amides is 2. The van der Waals surface area contributed by atoms with Crippen molar-refractivity contribution >= 4 is 17.5 Å². The van der Waals surface area contributed by atoms with Crippen LogP contribution in [0.2, 0.25) is 0 Å². The standard InChI is InChI=1S/C14H15N3O3/c15-8-10-3-1-4-11(7-10)17-13(18)9-16-14(19)12-5-2-6-20-12/h1,3-4,7,12H,2,5-6,9H2,(H,16,19)(H,17,18). The van der Waals surface area contributed by atoms with Gasteiger partial charge in [0.25, 0.3) is 0 Å². The van der Waals surface area contributed by atoms with Crippen molar-refractivity contribution in [2.45, 2.75) is 18.9 Å². The molecule has 1 saturated heterocycles. The maximum absolute atomic E-state index is 11.7. The number of nitrogens with zero attached hydrogens (tertiary/aromatic N) is 1. The van der Waals surface area contributed by atoms with Crippen LogP contribution in [0.15, 0.2) is 24.3 Å². The van der Waals surface area contributed by atoms with Crippen molar-refractivity contribution in [1.82, 2.24) is 5.32 Å². The van der Waals surface area contributed by atoms with Gasteiger partial charge in [-0.25, -0.2) is 0 Å². The average Bonchev–Trinajstić information content (AvgIpc) is 2.99. The zero-order chi connectivity index (χ0) is 14.4. The molecule has 1 aromatic carbocycles. The first-order chi connectivity index (χ1) is 9.69. The van der Waals surface area contributed by atoms with Crippen LogP contribution >= 0.6 is 0 Å². The molecular formula is C14H15N3O3. The van der Waals surface area contributed by atoms with E-state index in [1.165, 1.54) is 0 Å². The Morgan fingerprint density at radius 1 is 1.45 bits per heavy atom. The van der Waals surface area contributed by atoms with Crippen molar-refractivity contribution < 1.29 is 14.3 Å². The zero-order valence-electron chi connectivity index (χ0n) is 10.9. The van der Waals surface area contributed by atoms with Crippen LogP contribution in [0.3, 0.4) is 0 Å². The Hall–Kier alpha value is -2.39. The van der Waals surface area contributed by atoms with Crippen LogP contribution in [0.1, 0.15) is 18.4 Å². The van der Waals surface area contributed by atoms with E-state index in [-0.39, 0.29) is 18.4 Å². The highest BCUT2D eigenvalue weighted by atomic mass is 16.5. The number of ether oxygens (including phenoxy) is 1. The van der Waals surface area contributed by atoms with Crippen LogP contribution in [0, 0.1) is 11.3 Å². The molecule has 0 bridgehead atoms. The van der Waals surface area contributed by atoms with Gasteiger partial charge in [0.05, 0.1) is 18.2 Å². The Morgan fingerprint density at radius 2 is 2.30 bits per heavy atom. The minimum absolute atomic E-state index is 0.116. The van der Waals surface area contributed by atoms with E-state index >= 15 is 0 Å². The molecule has 6 heteroatoms. The first kappa shape index (κ1) is 14.0. The van der Waals surface area contributed by atoms with Crippen LogP contribution in [-0.2, 0) is 14.3 Å². The Kier molecular flexibility index (Phi) is 4.69. The van der Waals surface area contributed by atoms with Gasteiger partial charge < -0.3 is 15.4 Å². The van der Waals surface area contributed by atoms with Gasteiger partial charge in [0, 0.05) is 12.3 Å². The molecule has 6 nitrogen and oxygen atoms in total. The second-order valence-electron chi connectivity index (χ2n) is 4.46. The van der Waals surface area contributed by atoms with Gasteiger partial charge in [-0.3, -0.25) is 9.59 Å². The van der Waals surface area contributed by atoms with Gasteiger partial charge in [0.1, 0.15) is 6.10 Å². The van der Waals surface area contributed by atoms with Crippen molar-refractivity contribution in [1.29, 1.82) is 5.26 Å². The molecule has 1 aliphatic heterocycles. The van der Waals surface area contributed by atoms with E-state index in [4.69, 9.17) is 10.00 Å². The van der Waals surface area contributed by atoms with Crippen molar-refractivity contribution in [3.63, 3.8) is 0 Å². The van der Waals surface area contributed by atoms with Crippen LogP contribution in [-0.4, -0.2) is 31.1 Å². The minimum Gasteiger partial charge on any atom is -0.368 e. The van der Waals surface area contributed by atoms with Gasteiger partial charge in [-0.2, -0.15) is 5.26 Å². The summed E-state index contributed by atoms with van der Waals surface area (Å²) in [5, 5.41) is 13.9. The zero-order valence-corrected chi connectivity index (χ0v) is 10.9. The van der Waals surface area contributed by atoms with E-state index in [1.54, 1.807) is 24.3 Å². The van der Waals surface area contributed by atoms with E-state index in [0.29, 0.717) is 24.3 Å². The van der Waals surface area contributed by atoms with Gasteiger partial charge in [-0.15, -0.1) is 0 Å². The van der Waals surface area contributed by atoms with Crippen LogP contribution in [0.5, 0.6) is 0 Å². The van der Waals surface area contributed by atoms with Crippen molar-refractivity contribution in [3.05, 3.63) is 29.8 Å². The van der Waals surface area contributed by atoms with Crippen LogP contribution in [0.25, 0.3) is 0 Å². The number of nitriles is 1. The fraction of sp³-hybridized carbons (Fsp3) is 0.357. The molecule has 104 valence electrons. The summed E-state index contributed by atoms with van der Waals surface area (Å²) < 4.78 is 5.22. The molecule has 0 spiro atoms. The molecule has 20 heavy (non-hydrogen) atoms. The summed E-state index contributed by atoms with van der Waals surface area (Å²) in [5.41, 5.74) is 0.992. The van der Waals surface area contributed by atoms with Gasteiger partial charge >= 0.3 is 0 Å². The van der Waals surface area contributed by atoms with Gasteiger partial charge in [-0.1, -0.05) is 6.07 Å². The lowest BCUT2D eigenvalue weighted by atomic mass is 10.2. The molecule has 1 fully saturated rings. The highest BCUT2D eigenvalue weighted by Crippen LogP contribution is 2.12. The van der Waals surface area contributed by atoms with E-state index in [2.05, 4.69) is 10.6 Å². The number of benzene rings is 1. The number of hydrogen-bond donors (Lipinski definition) is 2. The number of anilines is 1. The molecule has 1 heterocycles. The third-order valence-corrected chi connectivity index (χ3v) is 2.92. The monoisotopic (exact) mass is 273 g/mol. The third-order valence-electron chi connectivity index (χ3n) is 2.92. The van der Waals surface area contributed by atoms with E-state index in [0.717, 1.165) is 6.42 Å². The Balaban J connectivity index is 1.80. The molecule has 1 atom stereocenters. The number of carbonyl (C=O) groups excluding carboxylic acids is 2. The summed E-state index contributed by atoms with van der Waals surface area (Å²) in [6.45, 7) is 0.473. The second-order valence-corrected chi connectivity index (χ2v) is 4.46. The first-order valence-electron chi connectivity index (χ1n) is 6.38. The normalized spacial score (nSPS) is 17.2. The predicted octanol–water partition coefficient (Wildman–Crippen LogP) is 0.792. The number of hydrogen-bond acceptors (Lipinski definition) is 4. The molecule has 1 aromatic rings. The lowest BCUT2D eigenvalue weighted by Gasteiger charge is -2.10. The van der Waals surface area contributed by atoms with Gasteiger partial charge in [0.2, 0.25) is 11.8 Å². The molecule has 1 aliphatic rings. The van der Waals surface area contributed by atoms with Gasteiger partial charge in [-0.05, 0) is 31.0 Å². The first-order valence-corrected chi connectivity index (χ1v) is 6.38. The molecule has 0 aliphatic carbocycles. The lowest BCUT2D eigenvalue weighted by Crippen LogP contribution is -2.39. The molecule has 0 radical (unpaired) electrons.